The van der Waals surface area contributed by atoms with Crippen LogP contribution in [-0.2, 0) is 4.79 Å². The highest BCUT2D eigenvalue weighted by Gasteiger charge is 2.30. The molecule has 2 rings (SSSR count). The Labute approximate surface area is 105 Å². The standard InChI is InChI=1S/C14H26N2O/c1-14(2)8-5-6-11(10-14)16-13(17)12-7-3-4-9-15-12/h11-12,15H,3-10H2,1-2H3,(H,16,17)/t11?,12-/m0/s1. The summed E-state index contributed by atoms with van der Waals surface area (Å²) in [4.78, 5) is 12.1. The van der Waals surface area contributed by atoms with E-state index in [0.29, 0.717) is 11.5 Å². The summed E-state index contributed by atoms with van der Waals surface area (Å²) in [5.41, 5.74) is 0.399. The van der Waals surface area contributed by atoms with E-state index < -0.39 is 0 Å². The zero-order chi connectivity index (χ0) is 12.3. The largest absolute Gasteiger partial charge is 0.352 e. The average Bonchev–Trinajstić information content (AvgIpc) is 2.29. The number of amides is 1. The van der Waals surface area contributed by atoms with Crippen molar-refractivity contribution in [2.24, 2.45) is 5.41 Å². The summed E-state index contributed by atoms with van der Waals surface area (Å²) in [5, 5.41) is 6.56. The Kier molecular flexibility index (Phi) is 4.08. The van der Waals surface area contributed by atoms with E-state index in [-0.39, 0.29) is 11.9 Å². The number of hydrogen-bond acceptors (Lipinski definition) is 2. The summed E-state index contributed by atoms with van der Waals surface area (Å²) in [6, 6.07) is 0.462. The fraction of sp³-hybridized carbons (Fsp3) is 0.929. The predicted molar refractivity (Wildman–Crippen MR) is 69.8 cm³/mol. The summed E-state index contributed by atoms with van der Waals surface area (Å²) < 4.78 is 0. The number of nitrogens with one attached hydrogen (secondary N) is 2. The van der Waals surface area contributed by atoms with Gasteiger partial charge in [-0.3, -0.25) is 4.79 Å². The van der Waals surface area contributed by atoms with Gasteiger partial charge in [-0.25, -0.2) is 0 Å². The van der Waals surface area contributed by atoms with Gasteiger partial charge in [0.2, 0.25) is 5.91 Å². The fourth-order valence-electron chi connectivity index (χ4n) is 3.20. The van der Waals surface area contributed by atoms with Gasteiger partial charge in [-0.1, -0.05) is 26.7 Å². The van der Waals surface area contributed by atoms with Crippen LogP contribution >= 0.6 is 0 Å². The van der Waals surface area contributed by atoms with E-state index in [4.69, 9.17) is 0 Å². The Morgan fingerprint density at radius 1 is 1.24 bits per heavy atom. The van der Waals surface area contributed by atoms with Crippen molar-refractivity contribution in [2.75, 3.05) is 6.54 Å². The molecule has 2 atom stereocenters. The summed E-state index contributed by atoms with van der Waals surface area (Å²) in [5.74, 6) is 0.229. The quantitative estimate of drug-likeness (QED) is 0.774. The van der Waals surface area contributed by atoms with Gasteiger partial charge in [-0.15, -0.1) is 0 Å². The lowest BCUT2D eigenvalue weighted by Crippen LogP contribution is -2.51. The topological polar surface area (TPSA) is 41.1 Å². The van der Waals surface area contributed by atoms with E-state index in [1.807, 2.05) is 0 Å². The minimum atomic E-state index is 0.0637. The first-order chi connectivity index (χ1) is 8.07. The molecule has 1 saturated carbocycles. The second-order valence-corrected chi connectivity index (χ2v) is 6.47. The van der Waals surface area contributed by atoms with Crippen molar-refractivity contribution < 1.29 is 4.79 Å². The van der Waals surface area contributed by atoms with Gasteiger partial charge in [0.15, 0.2) is 0 Å². The Balaban J connectivity index is 1.81. The molecule has 0 radical (unpaired) electrons. The zero-order valence-corrected chi connectivity index (χ0v) is 11.2. The summed E-state index contributed by atoms with van der Waals surface area (Å²) in [6.07, 6.45) is 8.22. The maximum absolute atomic E-state index is 12.1. The van der Waals surface area contributed by atoms with Gasteiger partial charge in [0.25, 0.3) is 0 Å². The third-order valence-electron chi connectivity index (χ3n) is 4.18. The van der Waals surface area contributed by atoms with Gasteiger partial charge in [0, 0.05) is 6.04 Å². The summed E-state index contributed by atoms with van der Waals surface area (Å²) >= 11 is 0. The highest BCUT2D eigenvalue weighted by Crippen LogP contribution is 2.35. The molecule has 2 aliphatic rings. The molecule has 3 nitrogen and oxygen atoms in total. The number of rotatable bonds is 2. The van der Waals surface area contributed by atoms with Crippen LogP contribution in [0.5, 0.6) is 0 Å². The smallest absolute Gasteiger partial charge is 0.237 e. The molecule has 3 heteroatoms. The Morgan fingerprint density at radius 3 is 2.71 bits per heavy atom. The van der Waals surface area contributed by atoms with Crippen molar-refractivity contribution in [2.45, 2.75) is 70.9 Å². The van der Waals surface area contributed by atoms with Crippen molar-refractivity contribution in [1.29, 1.82) is 0 Å². The van der Waals surface area contributed by atoms with Crippen LogP contribution in [0.1, 0.15) is 58.8 Å². The van der Waals surface area contributed by atoms with Crippen LogP contribution in [0.25, 0.3) is 0 Å². The van der Waals surface area contributed by atoms with Gasteiger partial charge < -0.3 is 10.6 Å². The molecule has 1 amide bonds. The fourth-order valence-corrected chi connectivity index (χ4v) is 3.20. The molecule has 0 bridgehead atoms. The van der Waals surface area contributed by atoms with Gasteiger partial charge in [0.1, 0.15) is 0 Å². The molecule has 2 fully saturated rings. The predicted octanol–water partition coefficient (Wildman–Crippen LogP) is 2.21. The van der Waals surface area contributed by atoms with Crippen molar-refractivity contribution in [3.63, 3.8) is 0 Å². The average molecular weight is 238 g/mol. The number of piperidine rings is 1. The van der Waals surface area contributed by atoms with E-state index in [2.05, 4.69) is 24.5 Å². The van der Waals surface area contributed by atoms with Crippen LogP contribution in [0.15, 0.2) is 0 Å². The van der Waals surface area contributed by atoms with Crippen molar-refractivity contribution in [3.05, 3.63) is 0 Å². The molecule has 0 aromatic rings. The summed E-state index contributed by atoms with van der Waals surface area (Å²) in [6.45, 7) is 5.61. The van der Waals surface area contributed by atoms with E-state index in [1.54, 1.807) is 0 Å². The second-order valence-electron chi connectivity index (χ2n) is 6.47. The SMILES string of the molecule is CC1(C)CCCC(NC(=O)[C@@H]2CCCCN2)C1. The van der Waals surface area contributed by atoms with Crippen LogP contribution in [0.4, 0.5) is 0 Å². The van der Waals surface area contributed by atoms with Crippen LogP contribution in [-0.4, -0.2) is 24.5 Å². The van der Waals surface area contributed by atoms with Gasteiger partial charge in [0.05, 0.1) is 6.04 Å². The van der Waals surface area contributed by atoms with Gasteiger partial charge in [-0.2, -0.15) is 0 Å². The lowest BCUT2D eigenvalue weighted by Gasteiger charge is -2.36. The third-order valence-corrected chi connectivity index (χ3v) is 4.18. The molecular weight excluding hydrogens is 212 g/mol. The van der Waals surface area contributed by atoms with E-state index >= 15 is 0 Å². The molecule has 98 valence electrons. The zero-order valence-electron chi connectivity index (χ0n) is 11.2. The van der Waals surface area contributed by atoms with Crippen molar-refractivity contribution >= 4 is 5.91 Å². The highest BCUT2D eigenvalue weighted by atomic mass is 16.2. The Hall–Kier alpha value is -0.570. The van der Waals surface area contributed by atoms with E-state index in [1.165, 1.54) is 25.7 Å². The van der Waals surface area contributed by atoms with Crippen molar-refractivity contribution in [1.82, 2.24) is 10.6 Å². The molecular formula is C14H26N2O. The van der Waals surface area contributed by atoms with E-state index in [9.17, 15) is 4.79 Å². The molecule has 1 heterocycles. The first kappa shape index (κ1) is 12.9. The second kappa shape index (κ2) is 5.38. The molecule has 17 heavy (non-hydrogen) atoms. The Morgan fingerprint density at radius 2 is 2.06 bits per heavy atom. The van der Waals surface area contributed by atoms with Crippen LogP contribution in [0, 0.1) is 5.41 Å². The maximum Gasteiger partial charge on any atom is 0.237 e. The Bertz CT molecular complexity index is 269. The number of carbonyl (C=O) groups is 1. The normalized spacial score (nSPS) is 33.1. The maximum atomic E-state index is 12.1. The monoisotopic (exact) mass is 238 g/mol. The van der Waals surface area contributed by atoms with Crippen LogP contribution in [0.3, 0.4) is 0 Å². The van der Waals surface area contributed by atoms with E-state index in [0.717, 1.165) is 25.8 Å². The van der Waals surface area contributed by atoms with Crippen LogP contribution < -0.4 is 10.6 Å². The van der Waals surface area contributed by atoms with Gasteiger partial charge >= 0.3 is 0 Å². The number of hydrogen-bond donors (Lipinski definition) is 2. The molecule has 1 unspecified atom stereocenters. The van der Waals surface area contributed by atoms with Gasteiger partial charge in [-0.05, 0) is 44.1 Å². The molecule has 0 spiro atoms. The minimum Gasteiger partial charge on any atom is -0.352 e. The molecule has 1 aliphatic heterocycles. The minimum absolute atomic E-state index is 0.0637. The molecule has 1 saturated heterocycles. The lowest BCUT2D eigenvalue weighted by atomic mass is 9.75. The van der Waals surface area contributed by atoms with Crippen LogP contribution in [0.2, 0.25) is 0 Å². The lowest BCUT2D eigenvalue weighted by molar-refractivity contribution is -0.124. The first-order valence-corrected chi connectivity index (χ1v) is 7.11. The van der Waals surface area contributed by atoms with Crippen molar-refractivity contribution in [3.8, 4) is 0 Å². The highest BCUT2D eigenvalue weighted by molar-refractivity contribution is 5.82. The molecule has 0 aromatic carbocycles. The molecule has 0 aromatic heterocycles. The molecule has 2 N–H and O–H groups in total. The number of carbonyl (C=O) groups excluding carboxylic acids is 1. The molecule has 1 aliphatic carbocycles. The third kappa shape index (κ3) is 3.70. The summed E-state index contributed by atoms with van der Waals surface area (Å²) in [7, 11) is 0. The first-order valence-electron chi connectivity index (χ1n) is 7.11.